The highest BCUT2D eigenvalue weighted by atomic mass is 32.2. The zero-order valence-corrected chi connectivity index (χ0v) is 11.2. The van der Waals surface area contributed by atoms with Crippen molar-refractivity contribution in [2.75, 3.05) is 13.1 Å². The Kier molecular flexibility index (Phi) is 5.16. The average Bonchev–Trinajstić information content (AvgIpc) is 2.34. The molecule has 19 heavy (non-hydrogen) atoms. The second-order valence-electron chi connectivity index (χ2n) is 3.74. The maximum atomic E-state index is 12.1. The van der Waals surface area contributed by atoms with E-state index in [0.29, 0.717) is 12.1 Å². The Balaban J connectivity index is 3.14. The van der Waals surface area contributed by atoms with Crippen molar-refractivity contribution in [2.24, 2.45) is 5.73 Å². The molecule has 0 aliphatic rings. The number of aryl methyl sites for hydroxylation is 1. The lowest BCUT2D eigenvalue weighted by Crippen LogP contribution is -2.25. The fourth-order valence-corrected chi connectivity index (χ4v) is 2.91. The van der Waals surface area contributed by atoms with Gasteiger partial charge in [0.15, 0.2) is 4.90 Å². The van der Waals surface area contributed by atoms with Gasteiger partial charge in [-0.2, -0.15) is 0 Å². The highest BCUT2D eigenvalue weighted by molar-refractivity contribution is 7.89. The second-order valence-corrected chi connectivity index (χ2v) is 5.44. The molecule has 1 aromatic carbocycles. The van der Waals surface area contributed by atoms with Gasteiger partial charge < -0.3 is 5.73 Å². The molecule has 0 fully saturated rings. The molecule has 3 N–H and O–H groups in total. The third-order valence-corrected chi connectivity index (χ3v) is 3.97. The van der Waals surface area contributed by atoms with Gasteiger partial charge in [-0.25, -0.2) is 13.1 Å². The fourth-order valence-electron chi connectivity index (χ4n) is 1.54. The van der Waals surface area contributed by atoms with Crippen molar-refractivity contribution in [1.82, 2.24) is 4.72 Å². The van der Waals surface area contributed by atoms with Crippen LogP contribution in [-0.4, -0.2) is 26.4 Å². The number of hydrogen-bond acceptors (Lipinski definition) is 5. The molecule has 0 amide bonds. The molecular formula is C11H15N3O4S. The first-order valence-corrected chi connectivity index (χ1v) is 6.97. The molecule has 1 rings (SSSR count). The van der Waals surface area contributed by atoms with Gasteiger partial charge in [0.25, 0.3) is 5.69 Å². The summed E-state index contributed by atoms with van der Waals surface area (Å²) in [5.74, 6) is 0. The highest BCUT2D eigenvalue weighted by Crippen LogP contribution is 2.26. The summed E-state index contributed by atoms with van der Waals surface area (Å²) in [5, 5.41) is 10.9. The third kappa shape index (κ3) is 3.85. The van der Waals surface area contributed by atoms with Gasteiger partial charge in [-0.1, -0.05) is 24.3 Å². The lowest BCUT2D eigenvalue weighted by atomic mass is 10.2. The average molecular weight is 285 g/mol. The molecule has 7 nitrogen and oxygen atoms in total. The smallest absolute Gasteiger partial charge is 0.289 e. The van der Waals surface area contributed by atoms with Crippen molar-refractivity contribution in [1.29, 1.82) is 0 Å². The Hall–Kier alpha value is -1.77. The largest absolute Gasteiger partial charge is 0.327 e. The van der Waals surface area contributed by atoms with E-state index in [1.807, 2.05) is 0 Å². The van der Waals surface area contributed by atoms with Gasteiger partial charge in [0.05, 0.1) is 4.92 Å². The molecule has 0 bridgehead atoms. The summed E-state index contributed by atoms with van der Waals surface area (Å²) in [5.41, 5.74) is 5.11. The van der Waals surface area contributed by atoms with Crippen LogP contribution in [0.15, 0.2) is 35.2 Å². The van der Waals surface area contributed by atoms with Crippen LogP contribution in [0.3, 0.4) is 0 Å². The van der Waals surface area contributed by atoms with Crippen LogP contribution in [0.1, 0.15) is 5.56 Å². The maximum absolute atomic E-state index is 12.1. The van der Waals surface area contributed by atoms with E-state index in [1.54, 1.807) is 12.2 Å². The quantitative estimate of drug-likeness (QED) is 0.453. The molecule has 1 aromatic rings. The van der Waals surface area contributed by atoms with E-state index in [0.717, 1.165) is 6.07 Å². The van der Waals surface area contributed by atoms with Gasteiger partial charge in [0, 0.05) is 19.2 Å². The first-order chi connectivity index (χ1) is 8.90. The van der Waals surface area contributed by atoms with Crippen molar-refractivity contribution in [3.8, 4) is 0 Å². The first-order valence-electron chi connectivity index (χ1n) is 5.49. The Morgan fingerprint density at radius 1 is 1.42 bits per heavy atom. The molecule has 0 aliphatic carbocycles. The lowest BCUT2D eigenvalue weighted by molar-refractivity contribution is -0.387. The fraction of sp³-hybridized carbons (Fsp3) is 0.273. The third-order valence-electron chi connectivity index (χ3n) is 2.35. The predicted octanol–water partition coefficient (Wildman–Crippen LogP) is 0.696. The number of benzene rings is 1. The summed E-state index contributed by atoms with van der Waals surface area (Å²) in [6.07, 6.45) is 3.14. The highest BCUT2D eigenvalue weighted by Gasteiger charge is 2.26. The van der Waals surface area contributed by atoms with Gasteiger partial charge in [-0.05, 0) is 12.5 Å². The Morgan fingerprint density at radius 2 is 2.11 bits per heavy atom. The van der Waals surface area contributed by atoms with E-state index in [1.165, 1.54) is 19.1 Å². The van der Waals surface area contributed by atoms with Gasteiger partial charge in [-0.15, -0.1) is 0 Å². The van der Waals surface area contributed by atoms with Gasteiger partial charge in [-0.3, -0.25) is 10.1 Å². The molecule has 0 unspecified atom stereocenters. The van der Waals surface area contributed by atoms with Crippen LogP contribution >= 0.6 is 0 Å². The number of nitro benzene ring substituents is 1. The minimum Gasteiger partial charge on any atom is -0.327 e. The molecule has 0 spiro atoms. The van der Waals surface area contributed by atoms with Crippen LogP contribution in [0.2, 0.25) is 0 Å². The Morgan fingerprint density at radius 3 is 2.68 bits per heavy atom. The molecule has 0 heterocycles. The summed E-state index contributed by atoms with van der Waals surface area (Å²) in [7, 11) is -3.93. The molecule has 0 aliphatic heterocycles. The number of hydrogen-bond donors (Lipinski definition) is 2. The topological polar surface area (TPSA) is 115 Å². The van der Waals surface area contributed by atoms with E-state index in [-0.39, 0.29) is 11.4 Å². The molecule has 0 radical (unpaired) electrons. The van der Waals surface area contributed by atoms with Crippen LogP contribution in [0.4, 0.5) is 5.69 Å². The second kappa shape index (κ2) is 6.41. The molecule has 8 heteroatoms. The molecule has 104 valence electrons. The SMILES string of the molecule is Cc1cccc([N+](=O)[O-])c1S(=O)(=O)NC/C=C/CN. The van der Waals surface area contributed by atoms with Crippen molar-refractivity contribution in [2.45, 2.75) is 11.8 Å². The number of rotatable bonds is 6. The summed E-state index contributed by atoms with van der Waals surface area (Å²) in [6.45, 7) is 1.84. The van der Waals surface area contributed by atoms with Gasteiger partial charge in [0.2, 0.25) is 10.0 Å². The van der Waals surface area contributed by atoms with E-state index in [2.05, 4.69) is 4.72 Å². The van der Waals surface area contributed by atoms with Crippen LogP contribution < -0.4 is 10.5 Å². The molecule has 0 saturated heterocycles. The van der Waals surface area contributed by atoms with Crippen molar-refractivity contribution >= 4 is 15.7 Å². The van der Waals surface area contributed by atoms with Crippen molar-refractivity contribution < 1.29 is 13.3 Å². The van der Waals surface area contributed by atoms with Crippen LogP contribution in [0.25, 0.3) is 0 Å². The number of nitrogens with zero attached hydrogens (tertiary/aromatic N) is 1. The molecular weight excluding hydrogens is 270 g/mol. The van der Waals surface area contributed by atoms with Crippen LogP contribution in [-0.2, 0) is 10.0 Å². The van der Waals surface area contributed by atoms with E-state index >= 15 is 0 Å². The first kappa shape index (κ1) is 15.3. The predicted molar refractivity (Wildman–Crippen MR) is 71.2 cm³/mol. The number of nitro groups is 1. The molecule has 0 saturated carbocycles. The summed E-state index contributed by atoms with van der Waals surface area (Å²) in [6, 6.07) is 4.12. The monoisotopic (exact) mass is 285 g/mol. The van der Waals surface area contributed by atoms with Crippen molar-refractivity contribution in [3.05, 3.63) is 46.0 Å². The standard InChI is InChI=1S/C11H15N3O4S/c1-9-5-4-6-10(14(15)16)11(9)19(17,18)13-8-3-2-7-12/h2-6,13H,7-8,12H2,1H3/b3-2+. The maximum Gasteiger partial charge on any atom is 0.289 e. The normalized spacial score (nSPS) is 11.9. The van der Waals surface area contributed by atoms with E-state index in [4.69, 9.17) is 5.73 Å². The molecule has 0 aromatic heterocycles. The zero-order chi connectivity index (χ0) is 14.5. The van der Waals surface area contributed by atoms with Crippen LogP contribution in [0.5, 0.6) is 0 Å². The summed E-state index contributed by atoms with van der Waals surface area (Å²) < 4.78 is 26.4. The number of sulfonamides is 1. The Bertz CT molecular complexity index is 596. The van der Waals surface area contributed by atoms with Gasteiger partial charge >= 0.3 is 0 Å². The lowest BCUT2D eigenvalue weighted by Gasteiger charge is -2.08. The molecule has 0 atom stereocenters. The number of nitrogens with two attached hydrogens (primary N) is 1. The van der Waals surface area contributed by atoms with Crippen LogP contribution in [0, 0.1) is 17.0 Å². The Labute approximate surface area is 111 Å². The number of nitrogens with one attached hydrogen (secondary N) is 1. The van der Waals surface area contributed by atoms with E-state index < -0.39 is 20.6 Å². The summed E-state index contributed by atoms with van der Waals surface area (Å²) in [4.78, 5) is 9.86. The zero-order valence-electron chi connectivity index (χ0n) is 10.4. The minimum absolute atomic E-state index is 0.0328. The van der Waals surface area contributed by atoms with Crippen molar-refractivity contribution in [3.63, 3.8) is 0 Å². The minimum atomic E-state index is -3.93. The van der Waals surface area contributed by atoms with E-state index in [9.17, 15) is 18.5 Å². The van der Waals surface area contributed by atoms with Gasteiger partial charge in [0.1, 0.15) is 0 Å². The summed E-state index contributed by atoms with van der Waals surface area (Å²) >= 11 is 0.